The molecule has 1 aliphatic rings. The lowest BCUT2D eigenvalue weighted by Crippen LogP contribution is -2.34. The van der Waals surface area contributed by atoms with Crippen molar-refractivity contribution in [1.82, 2.24) is 4.90 Å². The lowest BCUT2D eigenvalue weighted by molar-refractivity contribution is 0.0697. The maximum Gasteiger partial charge on any atom is 0.337 e. The number of rotatable bonds is 2. The van der Waals surface area contributed by atoms with Crippen LogP contribution in [0.15, 0.2) is 18.2 Å². The molecule has 2 rings (SSSR count). The molecule has 0 bridgehead atoms. The van der Waals surface area contributed by atoms with Gasteiger partial charge in [-0.1, -0.05) is 19.9 Å². The van der Waals surface area contributed by atoms with Gasteiger partial charge >= 0.3 is 12.0 Å². The van der Waals surface area contributed by atoms with E-state index in [2.05, 4.69) is 5.32 Å². The van der Waals surface area contributed by atoms with Crippen molar-refractivity contribution in [2.45, 2.75) is 13.8 Å². The molecule has 2 unspecified atom stereocenters. The highest BCUT2D eigenvalue weighted by Gasteiger charge is 2.30. The number of aromatic carboxylic acids is 1. The molecule has 0 aromatic heterocycles. The number of carboxylic acids is 1. The van der Waals surface area contributed by atoms with Gasteiger partial charge in [0.25, 0.3) is 0 Å². The van der Waals surface area contributed by atoms with Gasteiger partial charge in [-0.15, -0.1) is 0 Å². The Balaban J connectivity index is 2.18. The zero-order valence-electron chi connectivity index (χ0n) is 11.4. The predicted octanol–water partition coefficient (Wildman–Crippen LogP) is 2.64. The number of nitrogens with one attached hydrogen (secondary N) is 1. The van der Waals surface area contributed by atoms with Gasteiger partial charge in [0.2, 0.25) is 0 Å². The van der Waals surface area contributed by atoms with Crippen molar-refractivity contribution in [1.29, 1.82) is 0 Å². The minimum absolute atomic E-state index is 0.251. The van der Waals surface area contributed by atoms with E-state index in [0.717, 1.165) is 6.07 Å². The lowest BCUT2D eigenvalue weighted by atomic mass is 10.0. The van der Waals surface area contributed by atoms with Crippen LogP contribution < -0.4 is 5.32 Å². The zero-order chi connectivity index (χ0) is 14.9. The van der Waals surface area contributed by atoms with Gasteiger partial charge in [-0.05, 0) is 24.0 Å². The molecule has 1 aromatic rings. The number of carbonyl (C=O) groups excluding carboxylic acids is 1. The summed E-state index contributed by atoms with van der Waals surface area (Å²) < 4.78 is 13.7. The molecule has 0 aliphatic carbocycles. The van der Waals surface area contributed by atoms with Crippen molar-refractivity contribution in [3.05, 3.63) is 29.6 Å². The van der Waals surface area contributed by atoms with Gasteiger partial charge in [0.05, 0.1) is 11.3 Å². The first-order chi connectivity index (χ1) is 9.40. The second kappa shape index (κ2) is 5.48. The third-order valence-corrected chi connectivity index (χ3v) is 3.75. The number of carbonyl (C=O) groups is 2. The van der Waals surface area contributed by atoms with E-state index in [1.54, 1.807) is 4.90 Å². The number of anilines is 1. The molecule has 2 atom stereocenters. The van der Waals surface area contributed by atoms with Crippen molar-refractivity contribution >= 4 is 17.7 Å². The Kier molecular flexibility index (Phi) is 3.92. The fourth-order valence-electron chi connectivity index (χ4n) is 2.31. The van der Waals surface area contributed by atoms with Crippen LogP contribution in [-0.4, -0.2) is 35.1 Å². The third-order valence-electron chi connectivity index (χ3n) is 3.75. The average Bonchev–Trinajstić information content (AvgIpc) is 2.72. The van der Waals surface area contributed by atoms with Gasteiger partial charge in [0, 0.05) is 13.1 Å². The van der Waals surface area contributed by atoms with Crippen molar-refractivity contribution < 1.29 is 19.1 Å². The third kappa shape index (κ3) is 2.74. The average molecular weight is 280 g/mol. The first kappa shape index (κ1) is 14.3. The number of para-hydroxylation sites is 1. The molecule has 6 heteroatoms. The maximum atomic E-state index is 13.7. The molecular formula is C14H17FN2O3. The van der Waals surface area contributed by atoms with Gasteiger partial charge in [-0.3, -0.25) is 0 Å². The fourth-order valence-corrected chi connectivity index (χ4v) is 2.31. The minimum Gasteiger partial charge on any atom is -0.478 e. The van der Waals surface area contributed by atoms with Crippen LogP contribution in [0.1, 0.15) is 24.2 Å². The molecule has 0 radical (unpaired) electrons. The Labute approximate surface area is 116 Å². The zero-order valence-corrected chi connectivity index (χ0v) is 11.4. The molecule has 2 N–H and O–H groups in total. The Morgan fingerprint density at radius 3 is 2.45 bits per heavy atom. The number of hydrogen-bond acceptors (Lipinski definition) is 2. The van der Waals surface area contributed by atoms with E-state index in [1.807, 2.05) is 13.8 Å². The van der Waals surface area contributed by atoms with Crippen LogP contribution in [0.5, 0.6) is 0 Å². The van der Waals surface area contributed by atoms with E-state index in [9.17, 15) is 14.0 Å². The normalized spacial score (nSPS) is 21.9. The summed E-state index contributed by atoms with van der Waals surface area (Å²) in [6.45, 7) is 5.27. The molecule has 1 saturated heterocycles. The van der Waals surface area contributed by atoms with Crippen molar-refractivity contribution in [2.75, 3.05) is 18.4 Å². The second-order valence-electron chi connectivity index (χ2n) is 5.26. The first-order valence-corrected chi connectivity index (χ1v) is 6.48. The van der Waals surface area contributed by atoms with Crippen LogP contribution >= 0.6 is 0 Å². The number of hydrogen-bond donors (Lipinski definition) is 2. The molecule has 2 amide bonds. The Hall–Kier alpha value is -2.11. The number of nitrogens with zero attached hydrogens (tertiary/aromatic N) is 1. The fraction of sp³-hybridized carbons (Fsp3) is 0.429. The summed E-state index contributed by atoms with van der Waals surface area (Å²) in [5, 5.41) is 11.4. The summed E-state index contributed by atoms with van der Waals surface area (Å²) in [6, 6.07) is 3.22. The molecule has 1 heterocycles. The van der Waals surface area contributed by atoms with E-state index in [4.69, 9.17) is 5.11 Å². The van der Waals surface area contributed by atoms with Gasteiger partial charge in [-0.2, -0.15) is 0 Å². The monoisotopic (exact) mass is 280 g/mol. The smallest absolute Gasteiger partial charge is 0.337 e. The molecule has 0 spiro atoms. The van der Waals surface area contributed by atoms with Crippen molar-refractivity contribution in [3.8, 4) is 0 Å². The number of halogens is 1. The van der Waals surface area contributed by atoms with Crippen LogP contribution in [-0.2, 0) is 0 Å². The Morgan fingerprint density at radius 2 is 1.90 bits per heavy atom. The van der Waals surface area contributed by atoms with Crippen LogP contribution in [0.4, 0.5) is 14.9 Å². The molecule has 108 valence electrons. The summed E-state index contributed by atoms with van der Waals surface area (Å²) in [6.07, 6.45) is 0. The van der Waals surface area contributed by atoms with E-state index in [1.165, 1.54) is 12.1 Å². The van der Waals surface area contributed by atoms with Crippen LogP contribution in [0.25, 0.3) is 0 Å². The SMILES string of the molecule is CC1CN(C(=O)Nc2c(F)cccc2C(=O)O)CC1C. The van der Waals surface area contributed by atoms with Crippen LogP contribution in [0.3, 0.4) is 0 Å². The highest BCUT2D eigenvalue weighted by atomic mass is 19.1. The Morgan fingerprint density at radius 1 is 1.30 bits per heavy atom. The van der Waals surface area contributed by atoms with Gasteiger partial charge in [0.1, 0.15) is 5.82 Å². The van der Waals surface area contributed by atoms with E-state index in [-0.39, 0.29) is 11.3 Å². The number of urea groups is 1. The predicted molar refractivity (Wildman–Crippen MR) is 72.3 cm³/mol. The molecule has 20 heavy (non-hydrogen) atoms. The van der Waals surface area contributed by atoms with Crippen LogP contribution in [0, 0.1) is 17.7 Å². The molecule has 1 fully saturated rings. The van der Waals surface area contributed by atoms with Gasteiger partial charge in [0.15, 0.2) is 0 Å². The standard InChI is InChI=1S/C14H17FN2O3/c1-8-6-17(7-9(8)2)14(20)16-12-10(13(18)19)4-3-5-11(12)15/h3-5,8-9H,6-7H2,1-2H3,(H,16,20)(H,18,19). The number of likely N-dealkylation sites (tertiary alicyclic amines) is 1. The summed E-state index contributed by atoms with van der Waals surface area (Å²) >= 11 is 0. The summed E-state index contributed by atoms with van der Waals surface area (Å²) in [5.74, 6) is -1.28. The van der Waals surface area contributed by atoms with E-state index < -0.39 is 17.8 Å². The minimum atomic E-state index is -1.28. The van der Waals surface area contributed by atoms with Crippen molar-refractivity contribution in [2.24, 2.45) is 11.8 Å². The maximum absolute atomic E-state index is 13.7. The molecule has 1 aliphatic heterocycles. The lowest BCUT2D eigenvalue weighted by Gasteiger charge is -2.18. The van der Waals surface area contributed by atoms with Gasteiger partial charge < -0.3 is 15.3 Å². The quantitative estimate of drug-likeness (QED) is 0.875. The second-order valence-corrected chi connectivity index (χ2v) is 5.26. The molecule has 5 nitrogen and oxygen atoms in total. The summed E-state index contributed by atoms with van der Waals surface area (Å²) in [7, 11) is 0. The van der Waals surface area contributed by atoms with Crippen LogP contribution in [0.2, 0.25) is 0 Å². The van der Waals surface area contributed by atoms with Crippen molar-refractivity contribution in [3.63, 3.8) is 0 Å². The molecular weight excluding hydrogens is 263 g/mol. The summed E-state index contributed by atoms with van der Waals surface area (Å²) in [5.41, 5.74) is -0.532. The van der Waals surface area contributed by atoms with E-state index in [0.29, 0.717) is 24.9 Å². The summed E-state index contributed by atoms with van der Waals surface area (Å²) in [4.78, 5) is 24.7. The van der Waals surface area contributed by atoms with E-state index >= 15 is 0 Å². The van der Waals surface area contributed by atoms with Gasteiger partial charge in [-0.25, -0.2) is 14.0 Å². The first-order valence-electron chi connectivity index (χ1n) is 6.48. The highest BCUT2D eigenvalue weighted by Crippen LogP contribution is 2.25. The molecule has 0 saturated carbocycles. The number of amides is 2. The topological polar surface area (TPSA) is 69.6 Å². The number of benzene rings is 1. The Bertz CT molecular complexity index is 537. The molecule has 1 aromatic carbocycles. The largest absolute Gasteiger partial charge is 0.478 e. The highest BCUT2D eigenvalue weighted by molar-refractivity contribution is 6.00. The number of carboxylic acid groups (broad SMARTS) is 1.